The summed E-state index contributed by atoms with van der Waals surface area (Å²) in [5.74, 6) is -2.60. The van der Waals surface area contributed by atoms with Crippen LogP contribution in [0.5, 0.6) is 5.75 Å². The number of hydrogen-bond donors (Lipinski definition) is 4. The van der Waals surface area contributed by atoms with Crippen molar-refractivity contribution in [3.8, 4) is 5.75 Å². The van der Waals surface area contributed by atoms with Crippen LogP contribution in [-0.2, 0) is 13.0 Å². The van der Waals surface area contributed by atoms with Gasteiger partial charge in [-0.05, 0) is 24.1 Å². The Morgan fingerprint density at radius 1 is 1.19 bits per heavy atom. The maximum Gasteiger partial charge on any atom is 0.340 e. The quantitative estimate of drug-likeness (QED) is 0.308. The van der Waals surface area contributed by atoms with Crippen LogP contribution < -0.4 is 21.9 Å². The fourth-order valence-electron chi connectivity index (χ4n) is 3.90. The van der Waals surface area contributed by atoms with E-state index in [2.05, 4.69) is 10.7 Å². The van der Waals surface area contributed by atoms with Gasteiger partial charge < -0.3 is 15.5 Å². The predicted octanol–water partition coefficient (Wildman–Crippen LogP) is -0.265. The number of imide groups is 1. The van der Waals surface area contributed by atoms with Gasteiger partial charge in [-0.2, -0.15) is 4.68 Å². The standard InChI is InChI=1S/C19H14N4O7S/c24-10-3-1-2-8-12(10)16(26)22(15(8)25)6-7-4-9-11(5-20-7)31-14(13(9)19(29)30)21-23-17(27)18(23)28/h1-3,7,20-21,24H,4-6H2,(H,29,30). The van der Waals surface area contributed by atoms with Gasteiger partial charge in [0.1, 0.15) is 10.8 Å². The zero-order valence-electron chi connectivity index (χ0n) is 15.7. The number of amides is 2. The summed E-state index contributed by atoms with van der Waals surface area (Å²) in [4.78, 5) is 61.4. The molecule has 0 bridgehead atoms. The molecule has 3 aromatic rings. The second kappa shape index (κ2) is 6.62. The Hall–Kier alpha value is -3.77. The van der Waals surface area contributed by atoms with Crippen LogP contribution in [0.1, 0.15) is 41.5 Å². The lowest BCUT2D eigenvalue weighted by Gasteiger charge is -2.27. The van der Waals surface area contributed by atoms with E-state index in [-0.39, 0.29) is 40.4 Å². The molecule has 0 saturated carbocycles. The molecule has 2 aliphatic rings. The van der Waals surface area contributed by atoms with E-state index in [1.165, 1.54) is 18.2 Å². The van der Waals surface area contributed by atoms with Gasteiger partial charge in [0.05, 0.1) is 16.7 Å². The summed E-state index contributed by atoms with van der Waals surface area (Å²) in [6.07, 6.45) is 0.219. The number of aromatic hydroxyl groups is 1. The molecule has 4 heterocycles. The molecule has 2 aromatic heterocycles. The third kappa shape index (κ3) is 2.87. The molecule has 1 atom stereocenters. The molecule has 0 aliphatic carbocycles. The zero-order valence-corrected chi connectivity index (χ0v) is 16.5. The van der Waals surface area contributed by atoms with Crippen LogP contribution in [-0.4, -0.2) is 50.2 Å². The number of anilines is 1. The monoisotopic (exact) mass is 442 g/mol. The van der Waals surface area contributed by atoms with Gasteiger partial charge in [0.25, 0.3) is 11.8 Å². The fourth-order valence-corrected chi connectivity index (χ4v) is 5.06. The number of carboxylic acid groups (broad SMARTS) is 1. The SMILES string of the molecule is O=C(O)c1c(Nn2c(=O)c2=O)sc2c1CC(CN1C(=O)c3cccc(O)c3C1=O)NC2. The highest BCUT2D eigenvalue weighted by Gasteiger charge is 2.40. The summed E-state index contributed by atoms with van der Waals surface area (Å²) in [6, 6.07) is 3.88. The highest BCUT2D eigenvalue weighted by Crippen LogP contribution is 2.37. The van der Waals surface area contributed by atoms with Gasteiger partial charge in [-0.25, -0.2) is 4.79 Å². The summed E-state index contributed by atoms with van der Waals surface area (Å²) < 4.78 is 0.736. The Morgan fingerprint density at radius 3 is 2.58 bits per heavy atom. The van der Waals surface area contributed by atoms with E-state index in [0.29, 0.717) is 12.1 Å². The van der Waals surface area contributed by atoms with Gasteiger partial charge in [-0.15, -0.1) is 11.3 Å². The molecule has 0 fully saturated rings. The number of thiophene rings is 1. The number of aromatic carboxylic acids is 1. The highest BCUT2D eigenvalue weighted by atomic mass is 32.1. The number of nitrogens with zero attached hydrogens (tertiary/aromatic N) is 2. The smallest absolute Gasteiger partial charge is 0.340 e. The van der Waals surface area contributed by atoms with Crippen LogP contribution in [0.15, 0.2) is 27.8 Å². The molecular formula is C19H14N4O7S. The van der Waals surface area contributed by atoms with Crippen LogP contribution >= 0.6 is 11.3 Å². The van der Waals surface area contributed by atoms with Crippen LogP contribution in [0.3, 0.4) is 0 Å². The average Bonchev–Trinajstić information content (AvgIpc) is 3.05. The maximum absolute atomic E-state index is 12.7. The van der Waals surface area contributed by atoms with Crippen LogP contribution in [0.4, 0.5) is 5.00 Å². The topological polar surface area (TPSA) is 158 Å². The largest absolute Gasteiger partial charge is 0.507 e. The molecule has 0 saturated heterocycles. The number of carbonyl (C=O) groups excluding carboxylic acids is 2. The Balaban J connectivity index is 1.40. The molecule has 31 heavy (non-hydrogen) atoms. The van der Waals surface area contributed by atoms with E-state index in [4.69, 9.17) is 0 Å². The van der Waals surface area contributed by atoms with Crippen LogP contribution in [0, 0.1) is 0 Å². The lowest BCUT2D eigenvalue weighted by Crippen LogP contribution is -2.46. The number of aromatic nitrogens is 1. The minimum Gasteiger partial charge on any atom is -0.507 e. The third-order valence-electron chi connectivity index (χ3n) is 5.44. The number of rotatable bonds is 5. The first-order chi connectivity index (χ1) is 14.8. The van der Waals surface area contributed by atoms with Gasteiger partial charge in [-0.1, -0.05) is 6.07 Å². The summed E-state index contributed by atoms with van der Waals surface area (Å²) >= 11 is 1.12. The summed E-state index contributed by atoms with van der Waals surface area (Å²) in [7, 11) is 0. The summed E-state index contributed by atoms with van der Waals surface area (Å²) in [5.41, 5.74) is 1.62. The number of fused-ring (bicyclic) bond motifs is 2. The van der Waals surface area contributed by atoms with Gasteiger partial charge in [0.2, 0.25) is 0 Å². The third-order valence-corrected chi connectivity index (χ3v) is 6.58. The Labute approximate surface area is 176 Å². The molecule has 11 nitrogen and oxygen atoms in total. The molecule has 4 N–H and O–H groups in total. The van der Waals surface area contributed by atoms with Crippen molar-refractivity contribution in [1.29, 1.82) is 0 Å². The second-order valence-corrected chi connectivity index (χ2v) is 8.38. The second-order valence-electron chi connectivity index (χ2n) is 7.27. The molecule has 1 unspecified atom stereocenters. The Morgan fingerprint density at radius 2 is 1.94 bits per heavy atom. The van der Waals surface area contributed by atoms with Crippen molar-refractivity contribution >= 4 is 34.1 Å². The van der Waals surface area contributed by atoms with Gasteiger partial charge in [0, 0.05) is 24.0 Å². The minimum absolute atomic E-state index is 0.00795. The van der Waals surface area contributed by atoms with E-state index in [1.807, 2.05) is 0 Å². The van der Waals surface area contributed by atoms with Crippen molar-refractivity contribution in [2.24, 2.45) is 0 Å². The van der Waals surface area contributed by atoms with Crippen molar-refractivity contribution in [2.75, 3.05) is 12.0 Å². The van der Waals surface area contributed by atoms with E-state index in [9.17, 15) is 34.2 Å². The molecule has 2 aliphatic heterocycles. The van der Waals surface area contributed by atoms with Crippen molar-refractivity contribution in [3.63, 3.8) is 0 Å². The van der Waals surface area contributed by atoms with Crippen molar-refractivity contribution in [3.05, 3.63) is 66.0 Å². The molecule has 0 radical (unpaired) electrons. The van der Waals surface area contributed by atoms with E-state index >= 15 is 0 Å². The van der Waals surface area contributed by atoms with E-state index in [1.54, 1.807) is 0 Å². The molecular weight excluding hydrogens is 428 g/mol. The maximum atomic E-state index is 12.7. The number of benzene rings is 1. The lowest BCUT2D eigenvalue weighted by atomic mass is 9.97. The minimum atomic E-state index is -1.21. The molecule has 5 rings (SSSR count). The molecule has 2 amide bonds. The van der Waals surface area contributed by atoms with E-state index < -0.39 is 34.9 Å². The Bertz CT molecular complexity index is 1340. The number of hydrogen-bond acceptors (Lipinski definition) is 9. The van der Waals surface area contributed by atoms with Crippen molar-refractivity contribution in [1.82, 2.24) is 14.9 Å². The van der Waals surface area contributed by atoms with Gasteiger partial charge in [0.15, 0.2) is 0 Å². The zero-order chi connectivity index (χ0) is 22.0. The molecule has 12 heteroatoms. The van der Waals surface area contributed by atoms with Crippen LogP contribution in [0.2, 0.25) is 0 Å². The predicted molar refractivity (Wildman–Crippen MR) is 107 cm³/mol. The lowest BCUT2D eigenvalue weighted by molar-refractivity contribution is 0.0630. The van der Waals surface area contributed by atoms with Crippen molar-refractivity contribution < 1.29 is 24.6 Å². The Kier molecular flexibility index (Phi) is 4.10. The summed E-state index contributed by atoms with van der Waals surface area (Å²) in [6.45, 7) is 0.287. The fraction of sp³-hybridized carbons (Fsp3) is 0.211. The average molecular weight is 442 g/mol. The van der Waals surface area contributed by atoms with Gasteiger partial charge >= 0.3 is 17.1 Å². The normalized spacial score (nSPS) is 17.8. The number of carboxylic acids is 1. The van der Waals surface area contributed by atoms with Gasteiger partial charge in [-0.3, -0.25) is 29.5 Å². The highest BCUT2D eigenvalue weighted by molar-refractivity contribution is 7.16. The van der Waals surface area contributed by atoms with Crippen molar-refractivity contribution in [2.45, 2.75) is 19.0 Å². The number of carbonyl (C=O) groups is 3. The first kappa shape index (κ1) is 19.2. The molecule has 0 spiro atoms. The first-order valence-corrected chi connectivity index (χ1v) is 10.0. The number of phenolic OH excluding ortho intramolecular Hbond substituents is 1. The first-order valence-electron chi connectivity index (χ1n) is 9.22. The van der Waals surface area contributed by atoms with Crippen LogP contribution in [0.25, 0.3) is 0 Å². The number of nitrogens with one attached hydrogen (secondary N) is 2. The molecule has 1 aromatic carbocycles. The number of phenols is 1. The molecule has 158 valence electrons. The summed E-state index contributed by atoms with van der Waals surface area (Å²) in [5, 5.41) is 23.0. The van der Waals surface area contributed by atoms with E-state index in [0.717, 1.165) is 25.8 Å².